The standard InChI is InChI=1S/C21H24N2O4S/c1-3-27-21(26)16-9-11-17(12-10-16)22-20(25)18(13-14-28-2)23-19(24)15-7-5-4-6-8-15/h4-12,18H,3,13-14H2,1-2H3,(H,22,25)(H,23,24)/t18-/m0/s1. The molecule has 148 valence electrons. The normalized spacial score (nSPS) is 11.4. The minimum absolute atomic E-state index is 0.292. The second kappa shape index (κ2) is 11.1. The van der Waals surface area contributed by atoms with E-state index < -0.39 is 12.0 Å². The fourth-order valence-corrected chi connectivity index (χ4v) is 2.94. The van der Waals surface area contributed by atoms with Gasteiger partial charge in [0, 0.05) is 11.3 Å². The Hall–Kier alpha value is -2.80. The topological polar surface area (TPSA) is 84.5 Å². The van der Waals surface area contributed by atoms with E-state index in [1.165, 1.54) is 0 Å². The van der Waals surface area contributed by atoms with Crippen LogP contribution < -0.4 is 10.6 Å². The third kappa shape index (κ3) is 6.42. The van der Waals surface area contributed by atoms with E-state index in [4.69, 9.17) is 4.74 Å². The van der Waals surface area contributed by atoms with Crippen LogP contribution in [-0.2, 0) is 9.53 Å². The molecule has 0 radical (unpaired) electrons. The molecule has 2 aromatic rings. The smallest absolute Gasteiger partial charge is 0.338 e. The second-order valence-corrected chi connectivity index (χ2v) is 6.95. The second-order valence-electron chi connectivity index (χ2n) is 5.96. The van der Waals surface area contributed by atoms with Crippen molar-refractivity contribution in [2.24, 2.45) is 0 Å². The summed E-state index contributed by atoms with van der Waals surface area (Å²) < 4.78 is 4.94. The van der Waals surface area contributed by atoms with Gasteiger partial charge in [-0.2, -0.15) is 11.8 Å². The van der Waals surface area contributed by atoms with Gasteiger partial charge in [0.15, 0.2) is 0 Å². The SMILES string of the molecule is CCOC(=O)c1ccc(NC(=O)[C@H](CCSC)NC(=O)c2ccccc2)cc1. The van der Waals surface area contributed by atoms with Crippen molar-refractivity contribution in [2.75, 3.05) is 23.9 Å². The van der Waals surface area contributed by atoms with Crippen LogP contribution in [0.3, 0.4) is 0 Å². The van der Waals surface area contributed by atoms with Crippen molar-refractivity contribution in [2.45, 2.75) is 19.4 Å². The molecule has 2 rings (SSSR count). The van der Waals surface area contributed by atoms with Gasteiger partial charge in [-0.3, -0.25) is 9.59 Å². The molecule has 0 heterocycles. The summed E-state index contributed by atoms with van der Waals surface area (Å²) in [6.45, 7) is 2.04. The lowest BCUT2D eigenvalue weighted by Crippen LogP contribution is -2.44. The number of esters is 1. The Labute approximate surface area is 169 Å². The molecule has 0 aliphatic rings. The van der Waals surface area contributed by atoms with Crippen LogP contribution >= 0.6 is 11.8 Å². The molecule has 0 saturated carbocycles. The van der Waals surface area contributed by atoms with Crippen molar-refractivity contribution < 1.29 is 19.1 Å². The maximum Gasteiger partial charge on any atom is 0.338 e. The van der Waals surface area contributed by atoms with Crippen LogP contribution in [0.15, 0.2) is 54.6 Å². The lowest BCUT2D eigenvalue weighted by atomic mass is 10.1. The highest BCUT2D eigenvalue weighted by Crippen LogP contribution is 2.12. The number of hydrogen-bond donors (Lipinski definition) is 2. The first-order chi connectivity index (χ1) is 13.5. The van der Waals surface area contributed by atoms with Crippen LogP contribution in [0.4, 0.5) is 5.69 Å². The average molecular weight is 401 g/mol. The van der Waals surface area contributed by atoms with E-state index in [1.54, 1.807) is 67.2 Å². The van der Waals surface area contributed by atoms with E-state index in [2.05, 4.69) is 10.6 Å². The molecule has 1 atom stereocenters. The summed E-state index contributed by atoms with van der Waals surface area (Å²) in [6.07, 6.45) is 2.45. The van der Waals surface area contributed by atoms with Gasteiger partial charge in [0.1, 0.15) is 6.04 Å². The first kappa shape index (κ1) is 21.5. The molecule has 0 fully saturated rings. The van der Waals surface area contributed by atoms with E-state index >= 15 is 0 Å². The van der Waals surface area contributed by atoms with Gasteiger partial charge >= 0.3 is 5.97 Å². The minimum atomic E-state index is -0.662. The molecular formula is C21H24N2O4S. The van der Waals surface area contributed by atoms with Crippen LogP contribution in [0.2, 0.25) is 0 Å². The molecule has 2 amide bonds. The zero-order valence-electron chi connectivity index (χ0n) is 15.9. The molecule has 6 nitrogen and oxygen atoms in total. The zero-order valence-corrected chi connectivity index (χ0v) is 16.8. The summed E-state index contributed by atoms with van der Waals surface area (Å²) in [6, 6.07) is 14.6. The fraction of sp³-hybridized carbons (Fsp3) is 0.286. The van der Waals surface area contributed by atoms with Crippen molar-refractivity contribution in [1.29, 1.82) is 0 Å². The molecule has 0 unspecified atom stereocenters. The number of carbonyl (C=O) groups is 3. The van der Waals surface area contributed by atoms with E-state index in [-0.39, 0.29) is 11.8 Å². The van der Waals surface area contributed by atoms with Crippen LogP contribution in [0.1, 0.15) is 34.1 Å². The number of anilines is 1. The third-order valence-electron chi connectivity index (χ3n) is 3.93. The van der Waals surface area contributed by atoms with E-state index in [1.807, 2.05) is 12.3 Å². The first-order valence-electron chi connectivity index (χ1n) is 8.98. The number of nitrogens with one attached hydrogen (secondary N) is 2. The predicted octanol–water partition coefficient (Wildman–Crippen LogP) is 3.35. The third-order valence-corrected chi connectivity index (χ3v) is 4.58. The molecule has 2 aromatic carbocycles. The lowest BCUT2D eigenvalue weighted by molar-refractivity contribution is -0.118. The molecule has 7 heteroatoms. The number of benzene rings is 2. The van der Waals surface area contributed by atoms with Gasteiger partial charge in [0.2, 0.25) is 5.91 Å². The van der Waals surface area contributed by atoms with Crippen LogP contribution in [0.5, 0.6) is 0 Å². The molecule has 0 aliphatic carbocycles. The fourth-order valence-electron chi connectivity index (χ4n) is 2.47. The minimum Gasteiger partial charge on any atom is -0.462 e. The summed E-state index contributed by atoms with van der Waals surface area (Å²) >= 11 is 1.60. The summed E-state index contributed by atoms with van der Waals surface area (Å²) in [5.74, 6) is -0.273. The van der Waals surface area contributed by atoms with Crippen LogP contribution in [-0.4, -0.2) is 42.4 Å². The van der Waals surface area contributed by atoms with Crippen LogP contribution in [0.25, 0.3) is 0 Å². The largest absolute Gasteiger partial charge is 0.462 e. The molecule has 0 bridgehead atoms. The lowest BCUT2D eigenvalue weighted by Gasteiger charge is -2.18. The molecule has 0 saturated heterocycles. The predicted molar refractivity (Wildman–Crippen MR) is 112 cm³/mol. The summed E-state index contributed by atoms with van der Waals surface area (Å²) in [7, 11) is 0. The van der Waals surface area contributed by atoms with Crippen molar-refractivity contribution in [3.05, 3.63) is 65.7 Å². The Bertz CT molecular complexity index is 794. The molecule has 0 aromatic heterocycles. The number of rotatable bonds is 9. The zero-order chi connectivity index (χ0) is 20.4. The Morgan fingerprint density at radius 2 is 1.68 bits per heavy atom. The Kier molecular flexibility index (Phi) is 8.55. The quantitative estimate of drug-likeness (QED) is 0.631. The van der Waals surface area contributed by atoms with Gasteiger partial charge in [-0.25, -0.2) is 4.79 Å². The molecule has 0 aliphatic heterocycles. The summed E-state index contributed by atoms with van der Waals surface area (Å²) in [4.78, 5) is 36.8. The number of hydrogen-bond acceptors (Lipinski definition) is 5. The summed E-state index contributed by atoms with van der Waals surface area (Å²) in [5, 5.41) is 5.59. The van der Waals surface area contributed by atoms with E-state index in [9.17, 15) is 14.4 Å². The number of ether oxygens (including phenoxy) is 1. The Morgan fingerprint density at radius 3 is 2.29 bits per heavy atom. The number of thioether (sulfide) groups is 1. The monoisotopic (exact) mass is 400 g/mol. The van der Waals surface area contributed by atoms with Gasteiger partial charge in [-0.05, 0) is 61.8 Å². The van der Waals surface area contributed by atoms with Crippen molar-refractivity contribution in [3.63, 3.8) is 0 Å². The highest BCUT2D eigenvalue weighted by atomic mass is 32.2. The van der Waals surface area contributed by atoms with Gasteiger partial charge in [-0.15, -0.1) is 0 Å². The Morgan fingerprint density at radius 1 is 1.00 bits per heavy atom. The van der Waals surface area contributed by atoms with Gasteiger partial charge in [0.25, 0.3) is 5.91 Å². The van der Waals surface area contributed by atoms with Crippen molar-refractivity contribution >= 4 is 35.2 Å². The molecule has 28 heavy (non-hydrogen) atoms. The highest BCUT2D eigenvalue weighted by Gasteiger charge is 2.21. The number of amides is 2. The summed E-state index contributed by atoms with van der Waals surface area (Å²) in [5.41, 5.74) is 1.46. The molecule has 2 N–H and O–H groups in total. The van der Waals surface area contributed by atoms with Crippen LogP contribution in [0, 0.1) is 0 Å². The van der Waals surface area contributed by atoms with E-state index in [0.29, 0.717) is 29.8 Å². The Balaban J connectivity index is 2.03. The van der Waals surface area contributed by atoms with Gasteiger partial charge < -0.3 is 15.4 Å². The maximum absolute atomic E-state index is 12.7. The maximum atomic E-state index is 12.7. The molecule has 0 spiro atoms. The number of carbonyl (C=O) groups excluding carboxylic acids is 3. The van der Waals surface area contributed by atoms with Gasteiger partial charge in [-0.1, -0.05) is 18.2 Å². The average Bonchev–Trinajstić information content (AvgIpc) is 2.72. The highest BCUT2D eigenvalue weighted by molar-refractivity contribution is 7.98. The first-order valence-corrected chi connectivity index (χ1v) is 10.4. The van der Waals surface area contributed by atoms with Crippen molar-refractivity contribution in [3.8, 4) is 0 Å². The molecular weight excluding hydrogens is 376 g/mol. The van der Waals surface area contributed by atoms with Crippen molar-refractivity contribution in [1.82, 2.24) is 5.32 Å². The van der Waals surface area contributed by atoms with E-state index in [0.717, 1.165) is 5.75 Å². The van der Waals surface area contributed by atoms with Gasteiger partial charge in [0.05, 0.1) is 12.2 Å².